The van der Waals surface area contributed by atoms with Crippen molar-refractivity contribution in [2.75, 3.05) is 23.3 Å². The van der Waals surface area contributed by atoms with Crippen LogP contribution in [0, 0.1) is 5.82 Å². The first-order valence-corrected chi connectivity index (χ1v) is 10.8. The van der Waals surface area contributed by atoms with Crippen molar-refractivity contribution < 1.29 is 13.6 Å². The van der Waals surface area contributed by atoms with Gasteiger partial charge in [-0.05, 0) is 73.9 Å². The Balaban J connectivity index is 1.40. The maximum Gasteiger partial charge on any atom is 0.248 e. The molecule has 0 bridgehead atoms. The molecule has 0 radical (unpaired) electrons. The first-order chi connectivity index (χ1) is 15.0. The molecule has 31 heavy (non-hydrogen) atoms. The highest BCUT2D eigenvalue weighted by Gasteiger charge is 2.15. The van der Waals surface area contributed by atoms with Crippen molar-refractivity contribution in [2.24, 2.45) is 0 Å². The molecule has 0 unspecified atom stereocenters. The Morgan fingerprint density at radius 1 is 1.03 bits per heavy atom. The normalized spacial score (nSPS) is 14.2. The van der Waals surface area contributed by atoms with Gasteiger partial charge < -0.3 is 14.6 Å². The van der Waals surface area contributed by atoms with E-state index in [2.05, 4.69) is 5.32 Å². The third kappa shape index (κ3) is 5.30. The van der Waals surface area contributed by atoms with Gasteiger partial charge in [0.15, 0.2) is 0 Å². The summed E-state index contributed by atoms with van der Waals surface area (Å²) in [5, 5.41) is 3.69. The van der Waals surface area contributed by atoms with Crippen LogP contribution in [0.5, 0.6) is 0 Å². The number of benzene rings is 2. The van der Waals surface area contributed by atoms with Gasteiger partial charge in [0.2, 0.25) is 5.91 Å². The molecule has 1 saturated heterocycles. The number of rotatable bonds is 5. The van der Waals surface area contributed by atoms with Gasteiger partial charge in [-0.2, -0.15) is 0 Å². The standard InChI is InChI=1S/C24H21Cl2FN2O2/c25-16-4-8-19(20(26)14-16)23-10-6-18(31-23)7-11-24(30)28-17-5-9-22(21(27)15-17)29-12-2-1-3-13-29/h4-11,14-15H,1-3,12-13H2,(H,28,30)/b11-7+. The van der Waals surface area contributed by atoms with Crippen LogP contribution in [0.25, 0.3) is 17.4 Å². The summed E-state index contributed by atoms with van der Waals surface area (Å²) < 4.78 is 20.2. The highest BCUT2D eigenvalue weighted by Crippen LogP contribution is 2.32. The molecule has 0 atom stereocenters. The van der Waals surface area contributed by atoms with Crippen molar-refractivity contribution >= 4 is 46.6 Å². The van der Waals surface area contributed by atoms with E-state index in [1.807, 2.05) is 4.90 Å². The van der Waals surface area contributed by atoms with E-state index in [1.165, 1.54) is 18.6 Å². The summed E-state index contributed by atoms with van der Waals surface area (Å²) in [7, 11) is 0. The molecule has 1 aromatic heterocycles. The van der Waals surface area contributed by atoms with Crippen molar-refractivity contribution in [2.45, 2.75) is 19.3 Å². The zero-order chi connectivity index (χ0) is 21.8. The summed E-state index contributed by atoms with van der Waals surface area (Å²) in [6.07, 6.45) is 6.20. The number of piperidine rings is 1. The maximum absolute atomic E-state index is 14.5. The van der Waals surface area contributed by atoms with Crippen LogP contribution < -0.4 is 10.2 Å². The Hall–Kier alpha value is -2.76. The highest BCUT2D eigenvalue weighted by molar-refractivity contribution is 6.36. The lowest BCUT2D eigenvalue weighted by molar-refractivity contribution is -0.111. The Morgan fingerprint density at radius 3 is 2.58 bits per heavy atom. The first-order valence-electron chi connectivity index (χ1n) is 10.1. The van der Waals surface area contributed by atoms with Gasteiger partial charge in [-0.1, -0.05) is 23.2 Å². The molecule has 160 valence electrons. The van der Waals surface area contributed by atoms with Gasteiger partial charge in [-0.3, -0.25) is 4.79 Å². The van der Waals surface area contributed by atoms with E-state index in [9.17, 15) is 9.18 Å². The monoisotopic (exact) mass is 458 g/mol. The van der Waals surface area contributed by atoms with E-state index in [0.717, 1.165) is 25.9 Å². The lowest BCUT2D eigenvalue weighted by Gasteiger charge is -2.29. The number of hydrogen-bond donors (Lipinski definition) is 1. The maximum atomic E-state index is 14.5. The number of halogens is 3. The Kier molecular flexibility index (Phi) is 6.64. The first kappa shape index (κ1) is 21.5. The summed E-state index contributed by atoms with van der Waals surface area (Å²) >= 11 is 12.1. The van der Waals surface area contributed by atoms with Crippen molar-refractivity contribution in [3.63, 3.8) is 0 Å². The fraction of sp³-hybridized carbons (Fsp3) is 0.208. The summed E-state index contributed by atoms with van der Waals surface area (Å²) in [5.74, 6) is 0.340. The minimum absolute atomic E-state index is 0.334. The lowest BCUT2D eigenvalue weighted by Crippen LogP contribution is -2.30. The van der Waals surface area contributed by atoms with Gasteiger partial charge >= 0.3 is 0 Å². The molecule has 1 fully saturated rings. The van der Waals surface area contributed by atoms with Crippen LogP contribution >= 0.6 is 23.2 Å². The molecule has 3 aromatic rings. The zero-order valence-electron chi connectivity index (χ0n) is 16.7. The van der Waals surface area contributed by atoms with Gasteiger partial charge in [0.1, 0.15) is 17.3 Å². The molecule has 4 nitrogen and oxygen atoms in total. The SMILES string of the molecule is O=C(/C=C/c1ccc(-c2ccc(Cl)cc2Cl)o1)Nc1ccc(N2CCCCC2)c(F)c1. The molecule has 7 heteroatoms. The molecule has 0 aliphatic carbocycles. The average molecular weight is 459 g/mol. The van der Waals surface area contributed by atoms with Crippen LogP contribution in [0.3, 0.4) is 0 Å². The van der Waals surface area contributed by atoms with E-state index < -0.39 is 0 Å². The third-order valence-corrected chi connectivity index (χ3v) is 5.68. The average Bonchev–Trinajstić information content (AvgIpc) is 3.22. The van der Waals surface area contributed by atoms with Crippen molar-refractivity contribution in [3.05, 3.63) is 76.2 Å². The number of furan rings is 1. The molecule has 4 rings (SSSR count). The smallest absolute Gasteiger partial charge is 0.248 e. The number of carbonyl (C=O) groups excluding carboxylic acids is 1. The van der Waals surface area contributed by atoms with Crippen molar-refractivity contribution in [1.29, 1.82) is 0 Å². The van der Waals surface area contributed by atoms with E-state index in [-0.39, 0.29) is 11.7 Å². The largest absolute Gasteiger partial charge is 0.457 e. The summed E-state index contributed by atoms with van der Waals surface area (Å²) in [5.41, 5.74) is 1.69. The van der Waals surface area contributed by atoms with E-state index >= 15 is 0 Å². The van der Waals surface area contributed by atoms with Crippen molar-refractivity contribution in [1.82, 2.24) is 0 Å². The lowest BCUT2D eigenvalue weighted by atomic mass is 10.1. The zero-order valence-corrected chi connectivity index (χ0v) is 18.2. The second kappa shape index (κ2) is 9.58. The fourth-order valence-corrected chi connectivity index (χ4v) is 4.10. The molecule has 1 amide bonds. The topological polar surface area (TPSA) is 45.5 Å². The molecular formula is C24H21Cl2FN2O2. The minimum Gasteiger partial charge on any atom is -0.457 e. The number of nitrogens with one attached hydrogen (secondary N) is 1. The highest BCUT2D eigenvalue weighted by atomic mass is 35.5. The Morgan fingerprint density at radius 2 is 1.84 bits per heavy atom. The molecule has 1 aliphatic heterocycles. The van der Waals surface area contributed by atoms with E-state index in [4.69, 9.17) is 27.6 Å². The van der Waals surface area contributed by atoms with E-state index in [1.54, 1.807) is 48.5 Å². The predicted octanol–water partition coefficient (Wildman–Crippen LogP) is 7.03. The van der Waals surface area contributed by atoms with Crippen molar-refractivity contribution in [3.8, 4) is 11.3 Å². The fourth-order valence-electron chi connectivity index (χ4n) is 3.59. The minimum atomic E-state index is -0.382. The Bertz CT molecular complexity index is 1120. The molecule has 0 spiro atoms. The molecular weight excluding hydrogens is 438 g/mol. The number of nitrogens with zero attached hydrogens (tertiary/aromatic N) is 1. The quantitative estimate of drug-likeness (QED) is 0.417. The van der Waals surface area contributed by atoms with Crippen LogP contribution in [0.4, 0.5) is 15.8 Å². The van der Waals surface area contributed by atoms with Gasteiger partial charge in [0.05, 0.1) is 10.7 Å². The molecule has 0 saturated carbocycles. The van der Waals surface area contributed by atoms with E-state index in [0.29, 0.717) is 38.5 Å². The van der Waals surface area contributed by atoms with Gasteiger partial charge in [0.25, 0.3) is 0 Å². The number of amides is 1. The second-order valence-corrected chi connectivity index (χ2v) is 8.21. The third-order valence-electron chi connectivity index (χ3n) is 5.13. The second-order valence-electron chi connectivity index (χ2n) is 7.36. The van der Waals surface area contributed by atoms with Crippen LogP contribution in [-0.4, -0.2) is 19.0 Å². The number of hydrogen-bond acceptors (Lipinski definition) is 3. The van der Waals surface area contributed by atoms with Gasteiger partial charge in [0, 0.05) is 35.4 Å². The summed E-state index contributed by atoms with van der Waals surface area (Å²) in [6.45, 7) is 1.72. The molecule has 1 N–H and O–H groups in total. The van der Waals surface area contributed by atoms with Crippen LogP contribution in [0.2, 0.25) is 10.0 Å². The van der Waals surface area contributed by atoms with Gasteiger partial charge in [-0.15, -0.1) is 0 Å². The summed E-state index contributed by atoms with van der Waals surface area (Å²) in [4.78, 5) is 14.3. The van der Waals surface area contributed by atoms with Crippen LogP contribution in [-0.2, 0) is 4.79 Å². The van der Waals surface area contributed by atoms with Gasteiger partial charge in [-0.25, -0.2) is 4.39 Å². The number of carbonyl (C=O) groups is 1. The predicted molar refractivity (Wildman–Crippen MR) is 124 cm³/mol. The molecule has 1 aliphatic rings. The van der Waals surface area contributed by atoms with Crippen LogP contribution in [0.1, 0.15) is 25.0 Å². The summed E-state index contributed by atoms with van der Waals surface area (Å²) in [6, 6.07) is 13.4. The molecule has 2 aromatic carbocycles. The molecule has 2 heterocycles. The van der Waals surface area contributed by atoms with Crippen LogP contribution in [0.15, 0.2) is 59.0 Å². The Labute approximate surface area is 190 Å². The number of anilines is 2.